The lowest BCUT2D eigenvalue weighted by Gasteiger charge is -2.19. The van der Waals surface area contributed by atoms with Gasteiger partial charge < -0.3 is 4.90 Å². The molecule has 8 heteroatoms. The zero-order chi connectivity index (χ0) is 14.5. The van der Waals surface area contributed by atoms with Gasteiger partial charge in [0.1, 0.15) is 4.21 Å². The van der Waals surface area contributed by atoms with Crippen molar-refractivity contribution in [3.63, 3.8) is 0 Å². The zero-order valence-electron chi connectivity index (χ0n) is 10.4. The Labute approximate surface area is 121 Å². The highest BCUT2D eigenvalue weighted by Crippen LogP contribution is 2.25. The third-order valence-electron chi connectivity index (χ3n) is 2.28. The molecule has 1 aromatic rings. The van der Waals surface area contributed by atoms with Crippen LogP contribution in [0.15, 0.2) is 29.0 Å². The van der Waals surface area contributed by atoms with E-state index in [1.54, 1.807) is 6.08 Å². The lowest BCUT2D eigenvalue weighted by atomic mass is 10.4. The molecule has 19 heavy (non-hydrogen) atoms. The molecule has 0 saturated heterocycles. The van der Waals surface area contributed by atoms with E-state index >= 15 is 0 Å². The fourth-order valence-corrected chi connectivity index (χ4v) is 3.91. The van der Waals surface area contributed by atoms with Gasteiger partial charge in [-0.25, -0.2) is 13.1 Å². The van der Waals surface area contributed by atoms with E-state index < -0.39 is 10.0 Å². The standard InChI is InChI=1S/C11H15ClN2O3S2/c1-3-7-14(9(2)15)8-6-13-19(16,17)11-5-4-10(12)18-11/h3-5,13H,1,6-8H2,2H3. The molecule has 0 aliphatic rings. The number of amides is 1. The van der Waals surface area contributed by atoms with Crippen LogP contribution in [0.1, 0.15) is 6.92 Å². The maximum Gasteiger partial charge on any atom is 0.250 e. The average Bonchev–Trinajstić information content (AvgIpc) is 2.75. The minimum atomic E-state index is -3.56. The number of hydrogen-bond donors (Lipinski definition) is 1. The van der Waals surface area contributed by atoms with Crippen molar-refractivity contribution >= 4 is 38.9 Å². The number of carbonyl (C=O) groups is 1. The predicted octanol–water partition coefficient (Wildman–Crippen LogP) is 1.71. The summed E-state index contributed by atoms with van der Waals surface area (Å²) >= 11 is 6.68. The van der Waals surface area contributed by atoms with Crippen LogP contribution >= 0.6 is 22.9 Å². The van der Waals surface area contributed by atoms with Crippen molar-refractivity contribution in [2.45, 2.75) is 11.1 Å². The van der Waals surface area contributed by atoms with E-state index in [0.29, 0.717) is 17.4 Å². The Hall–Kier alpha value is -0.890. The molecule has 0 bridgehead atoms. The number of halogens is 1. The van der Waals surface area contributed by atoms with Crippen molar-refractivity contribution in [3.05, 3.63) is 29.1 Å². The molecule has 5 nitrogen and oxygen atoms in total. The van der Waals surface area contributed by atoms with E-state index in [4.69, 9.17) is 11.6 Å². The van der Waals surface area contributed by atoms with Crippen molar-refractivity contribution in [2.24, 2.45) is 0 Å². The third kappa shape index (κ3) is 4.94. The van der Waals surface area contributed by atoms with Gasteiger partial charge in [-0.1, -0.05) is 17.7 Å². The summed E-state index contributed by atoms with van der Waals surface area (Å²) in [5.74, 6) is -0.127. The minimum Gasteiger partial charge on any atom is -0.338 e. The highest BCUT2D eigenvalue weighted by molar-refractivity contribution is 7.91. The van der Waals surface area contributed by atoms with Gasteiger partial charge in [-0.05, 0) is 12.1 Å². The molecule has 0 aromatic carbocycles. The fraction of sp³-hybridized carbons (Fsp3) is 0.364. The van der Waals surface area contributed by atoms with Gasteiger partial charge in [-0.2, -0.15) is 0 Å². The molecule has 0 aliphatic heterocycles. The van der Waals surface area contributed by atoms with Crippen molar-refractivity contribution in [1.82, 2.24) is 9.62 Å². The van der Waals surface area contributed by atoms with Crippen LogP contribution in [0.2, 0.25) is 4.34 Å². The quantitative estimate of drug-likeness (QED) is 0.777. The Kier molecular flexibility index (Phi) is 5.99. The topological polar surface area (TPSA) is 66.5 Å². The van der Waals surface area contributed by atoms with Crippen LogP contribution < -0.4 is 4.72 Å². The summed E-state index contributed by atoms with van der Waals surface area (Å²) in [6, 6.07) is 2.97. The van der Waals surface area contributed by atoms with Crippen LogP contribution in [0.5, 0.6) is 0 Å². The molecule has 1 amide bonds. The van der Waals surface area contributed by atoms with E-state index in [1.807, 2.05) is 0 Å². The summed E-state index contributed by atoms with van der Waals surface area (Å²) in [5, 5.41) is 0. The first-order valence-corrected chi connectivity index (χ1v) is 8.16. The van der Waals surface area contributed by atoms with Gasteiger partial charge in [0, 0.05) is 26.6 Å². The van der Waals surface area contributed by atoms with Crippen LogP contribution in [0, 0.1) is 0 Å². The Bertz CT molecular complexity index is 554. The van der Waals surface area contributed by atoms with E-state index in [-0.39, 0.29) is 16.7 Å². The van der Waals surface area contributed by atoms with E-state index in [0.717, 1.165) is 11.3 Å². The fourth-order valence-electron chi connectivity index (χ4n) is 1.36. The van der Waals surface area contributed by atoms with Crippen LogP contribution in [0.3, 0.4) is 0 Å². The maximum absolute atomic E-state index is 11.9. The summed E-state index contributed by atoms with van der Waals surface area (Å²) in [6.45, 7) is 5.80. The van der Waals surface area contributed by atoms with Crippen molar-refractivity contribution in [2.75, 3.05) is 19.6 Å². The van der Waals surface area contributed by atoms with E-state index in [1.165, 1.54) is 24.0 Å². The molecule has 1 rings (SSSR count). The second kappa shape index (κ2) is 7.04. The van der Waals surface area contributed by atoms with E-state index in [9.17, 15) is 13.2 Å². The summed E-state index contributed by atoms with van der Waals surface area (Å²) in [7, 11) is -3.56. The molecule has 0 radical (unpaired) electrons. The SMILES string of the molecule is C=CCN(CCNS(=O)(=O)c1ccc(Cl)s1)C(C)=O. The Morgan fingerprint density at radius 2 is 2.26 bits per heavy atom. The van der Waals surface area contributed by atoms with Crippen LogP contribution in [-0.2, 0) is 14.8 Å². The molecule has 1 aromatic heterocycles. The molecule has 1 heterocycles. The Morgan fingerprint density at radius 1 is 1.58 bits per heavy atom. The molecule has 0 fully saturated rings. The Balaban J connectivity index is 2.56. The molecule has 0 spiro atoms. The molecule has 0 saturated carbocycles. The number of thiophene rings is 1. The van der Waals surface area contributed by atoms with Crippen molar-refractivity contribution in [3.8, 4) is 0 Å². The molecule has 106 valence electrons. The van der Waals surface area contributed by atoms with Crippen LogP contribution in [0.4, 0.5) is 0 Å². The predicted molar refractivity (Wildman–Crippen MR) is 77.0 cm³/mol. The molecular weight excluding hydrogens is 308 g/mol. The van der Waals surface area contributed by atoms with Crippen molar-refractivity contribution < 1.29 is 13.2 Å². The monoisotopic (exact) mass is 322 g/mol. The van der Waals surface area contributed by atoms with Gasteiger partial charge in [-0.15, -0.1) is 17.9 Å². The first-order chi connectivity index (χ1) is 8.86. The number of nitrogens with zero attached hydrogens (tertiary/aromatic N) is 1. The summed E-state index contributed by atoms with van der Waals surface area (Å²) in [4.78, 5) is 12.7. The highest BCUT2D eigenvalue weighted by atomic mass is 35.5. The number of rotatable bonds is 7. The molecule has 0 unspecified atom stereocenters. The van der Waals surface area contributed by atoms with Gasteiger partial charge in [0.05, 0.1) is 4.34 Å². The number of sulfonamides is 1. The summed E-state index contributed by atoms with van der Waals surface area (Å²) in [6.07, 6.45) is 1.59. The molecule has 0 aliphatic carbocycles. The number of hydrogen-bond acceptors (Lipinski definition) is 4. The smallest absolute Gasteiger partial charge is 0.250 e. The second-order valence-corrected chi connectivity index (χ2v) is 7.42. The minimum absolute atomic E-state index is 0.127. The molecular formula is C11H15ClN2O3S2. The normalized spacial score (nSPS) is 11.3. The van der Waals surface area contributed by atoms with Crippen LogP contribution in [-0.4, -0.2) is 38.9 Å². The van der Waals surface area contributed by atoms with Gasteiger partial charge in [0.25, 0.3) is 0 Å². The first kappa shape index (κ1) is 16.2. The van der Waals surface area contributed by atoms with Gasteiger partial charge in [-0.3, -0.25) is 4.79 Å². The van der Waals surface area contributed by atoms with Gasteiger partial charge >= 0.3 is 0 Å². The van der Waals surface area contributed by atoms with Gasteiger partial charge in [0.15, 0.2) is 0 Å². The molecule has 1 N–H and O–H groups in total. The zero-order valence-corrected chi connectivity index (χ0v) is 12.8. The lowest BCUT2D eigenvalue weighted by molar-refractivity contribution is -0.128. The van der Waals surface area contributed by atoms with Crippen LogP contribution in [0.25, 0.3) is 0 Å². The number of nitrogens with one attached hydrogen (secondary N) is 1. The summed E-state index contributed by atoms with van der Waals surface area (Å²) < 4.78 is 26.7. The third-order valence-corrected chi connectivity index (χ3v) is 5.47. The highest BCUT2D eigenvalue weighted by Gasteiger charge is 2.16. The summed E-state index contributed by atoms with van der Waals surface area (Å²) in [5.41, 5.74) is 0. The largest absolute Gasteiger partial charge is 0.338 e. The Morgan fingerprint density at radius 3 is 2.74 bits per heavy atom. The maximum atomic E-state index is 11.9. The molecule has 0 atom stereocenters. The average molecular weight is 323 g/mol. The van der Waals surface area contributed by atoms with Gasteiger partial charge in [0.2, 0.25) is 15.9 Å². The number of carbonyl (C=O) groups excluding carboxylic acids is 1. The second-order valence-electron chi connectivity index (χ2n) is 3.71. The first-order valence-electron chi connectivity index (χ1n) is 5.48. The van der Waals surface area contributed by atoms with E-state index in [2.05, 4.69) is 11.3 Å². The lowest BCUT2D eigenvalue weighted by Crippen LogP contribution is -2.37. The van der Waals surface area contributed by atoms with Crippen molar-refractivity contribution in [1.29, 1.82) is 0 Å².